The van der Waals surface area contributed by atoms with E-state index in [9.17, 15) is 0 Å². The minimum Gasteiger partial charge on any atom is -0.386 e. The molecule has 0 aromatic heterocycles. The summed E-state index contributed by atoms with van der Waals surface area (Å²) in [5.74, 6) is 0. The molecule has 72 valence electrons. The van der Waals surface area contributed by atoms with E-state index in [0.29, 0.717) is 11.5 Å². The molecule has 0 fully saturated rings. The first kappa shape index (κ1) is 11.5. The molecule has 0 aromatic carbocycles. The van der Waals surface area contributed by atoms with Gasteiger partial charge in [0.15, 0.2) is 0 Å². The Kier molecular flexibility index (Phi) is 4.36. The van der Waals surface area contributed by atoms with Gasteiger partial charge in [0.05, 0.1) is 0 Å². The molecular weight excluding hydrogens is 146 g/mol. The minimum absolute atomic E-state index is 0.328. The van der Waals surface area contributed by atoms with Crippen LogP contribution in [0.3, 0.4) is 0 Å². The van der Waals surface area contributed by atoms with Crippen LogP contribution in [-0.2, 0) is 0 Å². The Balaban J connectivity index is 4.13. The van der Waals surface area contributed by atoms with Gasteiger partial charge in [-0.1, -0.05) is 40.7 Å². The Labute approximate surface area is 77.2 Å². The van der Waals surface area contributed by atoms with Crippen LogP contribution in [-0.4, -0.2) is 6.04 Å². The van der Waals surface area contributed by atoms with Gasteiger partial charge in [-0.15, -0.1) is 0 Å². The van der Waals surface area contributed by atoms with E-state index in [1.165, 1.54) is 12.8 Å². The van der Waals surface area contributed by atoms with Crippen molar-refractivity contribution in [1.29, 1.82) is 0 Å². The maximum absolute atomic E-state index is 3.88. The van der Waals surface area contributed by atoms with Crippen LogP contribution in [0.4, 0.5) is 0 Å². The van der Waals surface area contributed by atoms with Crippen molar-refractivity contribution in [1.82, 2.24) is 5.32 Å². The van der Waals surface area contributed by atoms with Gasteiger partial charge in [0.2, 0.25) is 0 Å². The van der Waals surface area contributed by atoms with E-state index in [1.54, 1.807) is 0 Å². The average molecular weight is 169 g/mol. The number of allylic oxidation sites excluding steroid dienone is 1. The second kappa shape index (κ2) is 4.54. The molecular formula is C11H23N. The molecule has 1 atom stereocenters. The predicted molar refractivity (Wildman–Crippen MR) is 56.1 cm³/mol. The highest BCUT2D eigenvalue weighted by Gasteiger charge is 2.22. The number of nitrogens with one attached hydrogen (secondary N) is 1. The van der Waals surface area contributed by atoms with Crippen LogP contribution < -0.4 is 5.32 Å². The van der Waals surface area contributed by atoms with Gasteiger partial charge >= 0.3 is 0 Å². The molecule has 1 nitrogen and oxygen atoms in total. The molecule has 1 N–H and O–H groups in total. The van der Waals surface area contributed by atoms with Crippen LogP contribution in [0.25, 0.3) is 0 Å². The Morgan fingerprint density at radius 2 is 1.92 bits per heavy atom. The summed E-state index contributed by atoms with van der Waals surface area (Å²) in [6, 6.07) is 0.556. The van der Waals surface area contributed by atoms with Gasteiger partial charge in [0.25, 0.3) is 0 Å². The van der Waals surface area contributed by atoms with Gasteiger partial charge < -0.3 is 5.32 Å². The summed E-state index contributed by atoms with van der Waals surface area (Å²) < 4.78 is 0. The fourth-order valence-electron chi connectivity index (χ4n) is 1.31. The van der Waals surface area contributed by atoms with Crippen LogP contribution in [0.1, 0.15) is 47.5 Å². The minimum atomic E-state index is 0.328. The third kappa shape index (κ3) is 4.42. The molecule has 0 amide bonds. The smallest absolute Gasteiger partial charge is 0.0306 e. The van der Waals surface area contributed by atoms with Crippen molar-refractivity contribution >= 4 is 0 Å². The van der Waals surface area contributed by atoms with Crippen molar-refractivity contribution < 1.29 is 0 Å². The highest BCUT2D eigenvalue weighted by molar-refractivity contribution is 4.92. The molecule has 0 aliphatic rings. The van der Waals surface area contributed by atoms with Crippen molar-refractivity contribution in [3.8, 4) is 0 Å². The van der Waals surface area contributed by atoms with E-state index in [0.717, 1.165) is 5.70 Å². The molecule has 0 aromatic rings. The largest absolute Gasteiger partial charge is 0.386 e. The molecule has 12 heavy (non-hydrogen) atoms. The molecule has 0 aliphatic heterocycles. The molecule has 0 bridgehead atoms. The summed E-state index contributed by atoms with van der Waals surface area (Å²) in [7, 11) is 0. The Morgan fingerprint density at radius 1 is 1.42 bits per heavy atom. The first-order valence-electron chi connectivity index (χ1n) is 4.80. The molecule has 0 heterocycles. The average Bonchev–Trinajstić information content (AvgIpc) is 1.83. The van der Waals surface area contributed by atoms with Gasteiger partial charge in [-0.25, -0.2) is 0 Å². The molecule has 0 saturated carbocycles. The normalized spacial score (nSPS) is 14.1. The second-order valence-corrected chi connectivity index (χ2v) is 4.63. The van der Waals surface area contributed by atoms with Crippen molar-refractivity contribution in [2.45, 2.75) is 53.5 Å². The number of hydrogen-bond acceptors (Lipinski definition) is 1. The van der Waals surface area contributed by atoms with E-state index in [-0.39, 0.29) is 0 Å². The lowest BCUT2D eigenvalue weighted by Crippen LogP contribution is -2.38. The van der Waals surface area contributed by atoms with E-state index in [2.05, 4.69) is 39.6 Å². The van der Waals surface area contributed by atoms with E-state index >= 15 is 0 Å². The zero-order chi connectivity index (χ0) is 9.78. The summed E-state index contributed by atoms with van der Waals surface area (Å²) >= 11 is 0. The lowest BCUT2D eigenvalue weighted by molar-refractivity contribution is 0.268. The Bertz CT molecular complexity index is 142. The van der Waals surface area contributed by atoms with Gasteiger partial charge in [-0.3, -0.25) is 0 Å². The highest BCUT2D eigenvalue weighted by atomic mass is 14.9. The second-order valence-electron chi connectivity index (χ2n) is 4.63. The van der Waals surface area contributed by atoms with Crippen LogP contribution in [0, 0.1) is 5.41 Å². The summed E-state index contributed by atoms with van der Waals surface area (Å²) in [4.78, 5) is 0. The maximum atomic E-state index is 3.88. The van der Waals surface area contributed by atoms with Crippen molar-refractivity contribution in [2.75, 3.05) is 0 Å². The number of rotatable bonds is 4. The topological polar surface area (TPSA) is 12.0 Å². The SMILES string of the molecule is C=C(C)NC(CCC)C(C)(C)C. The molecule has 0 rings (SSSR count). The Morgan fingerprint density at radius 3 is 2.17 bits per heavy atom. The fourth-order valence-corrected chi connectivity index (χ4v) is 1.31. The molecule has 0 radical (unpaired) electrons. The molecule has 0 saturated heterocycles. The third-order valence-electron chi connectivity index (χ3n) is 2.04. The molecule has 1 unspecified atom stereocenters. The van der Waals surface area contributed by atoms with E-state index in [4.69, 9.17) is 0 Å². The number of hydrogen-bond donors (Lipinski definition) is 1. The predicted octanol–water partition coefficient (Wildman–Crippen LogP) is 3.32. The zero-order valence-electron chi connectivity index (χ0n) is 9.20. The van der Waals surface area contributed by atoms with Crippen molar-refractivity contribution in [3.05, 3.63) is 12.3 Å². The summed E-state index contributed by atoms with van der Waals surface area (Å²) in [6.45, 7) is 14.9. The lowest BCUT2D eigenvalue weighted by atomic mass is 9.84. The van der Waals surface area contributed by atoms with Crippen LogP contribution in [0.5, 0.6) is 0 Å². The van der Waals surface area contributed by atoms with Crippen LogP contribution >= 0.6 is 0 Å². The van der Waals surface area contributed by atoms with Crippen molar-refractivity contribution in [3.63, 3.8) is 0 Å². The molecule has 0 aliphatic carbocycles. The van der Waals surface area contributed by atoms with Crippen LogP contribution in [0.15, 0.2) is 12.3 Å². The van der Waals surface area contributed by atoms with Crippen LogP contribution in [0.2, 0.25) is 0 Å². The Hall–Kier alpha value is -0.460. The zero-order valence-corrected chi connectivity index (χ0v) is 9.20. The summed E-state index contributed by atoms with van der Waals surface area (Å²) in [5.41, 5.74) is 1.40. The standard InChI is InChI=1S/C11H23N/c1-7-8-10(11(4,5)6)12-9(2)3/h10,12H,2,7-8H2,1,3-6H3. The summed E-state index contributed by atoms with van der Waals surface area (Å²) in [5, 5.41) is 3.43. The van der Waals surface area contributed by atoms with E-state index in [1.807, 2.05) is 6.92 Å². The lowest BCUT2D eigenvalue weighted by Gasteiger charge is -2.32. The first-order valence-corrected chi connectivity index (χ1v) is 4.80. The monoisotopic (exact) mass is 169 g/mol. The maximum Gasteiger partial charge on any atom is 0.0306 e. The fraction of sp³-hybridized carbons (Fsp3) is 0.818. The quantitative estimate of drug-likeness (QED) is 0.680. The van der Waals surface area contributed by atoms with Gasteiger partial charge in [-0.05, 0) is 18.8 Å². The summed E-state index contributed by atoms with van der Waals surface area (Å²) in [6.07, 6.45) is 2.44. The molecule has 0 spiro atoms. The third-order valence-corrected chi connectivity index (χ3v) is 2.04. The first-order chi connectivity index (χ1) is 5.38. The van der Waals surface area contributed by atoms with Gasteiger partial charge in [0.1, 0.15) is 0 Å². The van der Waals surface area contributed by atoms with Gasteiger partial charge in [-0.2, -0.15) is 0 Å². The van der Waals surface area contributed by atoms with E-state index < -0.39 is 0 Å². The highest BCUT2D eigenvalue weighted by Crippen LogP contribution is 2.23. The van der Waals surface area contributed by atoms with Crippen molar-refractivity contribution in [2.24, 2.45) is 5.41 Å². The molecule has 1 heteroatoms. The van der Waals surface area contributed by atoms with Gasteiger partial charge in [0, 0.05) is 11.7 Å².